The molecule has 4 nitrogen and oxygen atoms in total. The van der Waals surface area contributed by atoms with E-state index in [1.807, 2.05) is 16.7 Å². The molecule has 20 heavy (non-hydrogen) atoms. The molecule has 1 heterocycles. The molecule has 0 radical (unpaired) electrons. The monoisotopic (exact) mass is 396 g/mol. The minimum atomic E-state index is -0.425. The number of nitrogens with two attached hydrogens (primary N) is 1. The highest BCUT2D eigenvalue weighted by atomic mass is 127. The average molecular weight is 396 g/mol. The molecule has 1 aromatic rings. The van der Waals surface area contributed by atoms with Gasteiger partial charge in [0.2, 0.25) is 0 Å². The Kier molecular flexibility index (Phi) is 6.44. The van der Waals surface area contributed by atoms with Crippen LogP contribution in [0.5, 0.6) is 0 Å². The molecular weight excluding hydrogens is 377 g/mol. The van der Waals surface area contributed by atoms with E-state index in [0.29, 0.717) is 44.4 Å². The van der Waals surface area contributed by atoms with Crippen molar-refractivity contribution in [1.29, 1.82) is 0 Å². The first kappa shape index (κ1) is 16.9. The van der Waals surface area contributed by atoms with Gasteiger partial charge in [-0.3, -0.25) is 4.99 Å². The number of benzene rings is 1. The SMILES string of the molecule is CCN=C(N)N1CCN(c2cc(F)ccc2F)CC1.I. The zero-order valence-corrected chi connectivity index (χ0v) is 13.7. The summed E-state index contributed by atoms with van der Waals surface area (Å²) in [5, 5.41) is 0. The molecular formula is C13H19F2IN4. The summed E-state index contributed by atoms with van der Waals surface area (Å²) < 4.78 is 26.8. The number of anilines is 1. The maximum atomic E-state index is 13.7. The van der Waals surface area contributed by atoms with Gasteiger partial charge in [0, 0.05) is 38.8 Å². The van der Waals surface area contributed by atoms with Gasteiger partial charge >= 0.3 is 0 Å². The summed E-state index contributed by atoms with van der Waals surface area (Å²) in [5.41, 5.74) is 6.13. The molecule has 2 N–H and O–H groups in total. The van der Waals surface area contributed by atoms with E-state index in [0.717, 1.165) is 12.1 Å². The van der Waals surface area contributed by atoms with Gasteiger partial charge in [-0.15, -0.1) is 24.0 Å². The standard InChI is InChI=1S/C13H18F2N4.HI/c1-2-17-13(16)19-7-5-18(6-8-19)12-9-10(14)3-4-11(12)15;/h3-4,9H,2,5-8H2,1H3,(H2,16,17);1H. The fourth-order valence-corrected chi connectivity index (χ4v) is 2.17. The summed E-state index contributed by atoms with van der Waals surface area (Å²) in [6.45, 7) is 5.08. The average Bonchev–Trinajstić information content (AvgIpc) is 2.42. The Morgan fingerprint density at radius 2 is 1.90 bits per heavy atom. The van der Waals surface area contributed by atoms with Crippen LogP contribution in [0.15, 0.2) is 23.2 Å². The first-order valence-electron chi connectivity index (χ1n) is 6.36. The molecule has 2 rings (SSSR count). The fourth-order valence-electron chi connectivity index (χ4n) is 2.17. The molecule has 7 heteroatoms. The molecule has 0 unspecified atom stereocenters. The van der Waals surface area contributed by atoms with Gasteiger partial charge in [0.25, 0.3) is 0 Å². The minimum absolute atomic E-state index is 0. The second-order valence-corrected chi connectivity index (χ2v) is 4.40. The van der Waals surface area contributed by atoms with Crippen molar-refractivity contribution < 1.29 is 8.78 Å². The quantitative estimate of drug-likeness (QED) is 0.473. The topological polar surface area (TPSA) is 44.9 Å². The molecule has 0 saturated carbocycles. The van der Waals surface area contributed by atoms with E-state index < -0.39 is 11.6 Å². The summed E-state index contributed by atoms with van der Waals surface area (Å²) in [6, 6.07) is 3.51. The van der Waals surface area contributed by atoms with Crippen molar-refractivity contribution in [3.05, 3.63) is 29.8 Å². The Hall–Kier alpha value is -1.12. The number of rotatable bonds is 2. The second kappa shape index (κ2) is 7.61. The predicted octanol–water partition coefficient (Wildman–Crippen LogP) is 2.04. The van der Waals surface area contributed by atoms with Crippen molar-refractivity contribution >= 4 is 35.6 Å². The molecule has 1 aromatic carbocycles. The molecule has 0 aromatic heterocycles. The lowest BCUT2D eigenvalue weighted by molar-refractivity contribution is 0.378. The molecule has 1 saturated heterocycles. The zero-order chi connectivity index (χ0) is 13.8. The number of guanidine groups is 1. The van der Waals surface area contributed by atoms with Crippen molar-refractivity contribution in [3.63, 3.8) is 0 Å². The maximum absolute atomic E-state index is 13.7. The van der Waals surface area contributed by atoms with E-state index in [9.17, 15) is 8.78 Å². The number of aliphatic imine (C=N–C) groups is 1. The first-order chi connectivity index (χ1) is 9.11. The van der Waals surface area contributed by atoms with Crippen LogP contribution >= 0.6 is 24.0 Å². The van der Waals surface area contributed by atoms with Crippen molar-refractivity contribution in [2.45, 2.75) is 6.92 Å². The van der Waals surface area contributed by atoms with E-state index in [1.165, 1.54) is 6.07 Å². The third kappa shape index (κ3) is 3.94. The zero-order valence-electron chi connectivity index (χ0n) is 11.4. The van der Waals surface area contributed by atoms with Gasteiger partial charge in [-0.1, -0.05) is 0 Å². The van der Waals surface area contributed by atoms with Crippen molar-refractivity contribution in [3.8, 4) is 0 Å². The summed E-state index contributed by atoms with van der Waals surface area (Å²) in [4.78, 5) is 7.93. The van der Waals surface area contributed by atoms with Gasteiger partial charge in [-0.2, -0.15) is 0 Å². The third-order valence-electron chi connectivity index (χ3n) is 3.17. The van der Waals surface area contributed by atoms with Crippen LogP contribution in [0, 0.1) is 11.6 Å². The summed E-state index contributed by atoms with van der Waals surface area (Å²) in [6.07, 6.45) is 0. The van der Waals surface area contributed by atoms with Crippen LogP contribution in [-0.2, 0) is 0 Å². The summed E-state index contributed by atoms with van der Waals surface area (Å²) >= 11 is 0. The number of piperazine rings is 1. The summed E-state index contributed by atoms with van der Waals surface area (Å²) in [7, 11) is 0. The molecule has 1 fully saturated rings. The van der Waals surface area contributed by atoms with E-state index in [4.69, 9.17) is 5.73 Å². The van der Waals surface area contributed by atoms with E-state index in [1.54, 1.807) is 0 Å². The minimum Gasteiger partial charge on any atom is -0.370 e. The lowest BCUT2D eigenvalue weighted by atomic mass is 10.2. The molecule has 1 aliphatic rings. The maximum Gasteiger partial charge on any atom is 0.191 e. The number of hydrogen-bond donors (Lipinski definition) is 1. The van der Waals surface area contributed by atoms with Gasteiger partial charge in [-0.25, -0.2) is 8.78 Å². The van der Waals surface area contributed by atoms with Crippen LogP contribution in [0.3, 0.4) is 0 Å². The first-order valence-corrected chi connectivity index (χ1v) is 6.36. The van der Waals surface area contributed by atoms with Crippen LogP contribution in [-0.4, -0.2) is 43.6 Å². The predicted molar refractivity (Wildman–Crippen MR) is 87.7 cm³/mol. The molecule has 0 atom stereocenters. The normalized spacial score (nSPS) is 16.1. The Morgan fingerprint density at radius 3 is 2.50 bits per heavy atom. The van der Waals surface area contributed by atoms with E-state index in [2.05, 4.69) is 4.99 Å². The Bertz CT molecular complexity index is 473. The molecule has 0 aliphatic carbocycles. The van der Waals surface area contributed by atoms with Crippen LogP contribution in [0.25, 0.3) is 0 Å². The van der Waals surface area contributed by atoms with Crippen molar-refractivity contribution in [1.82, 2.24) is 4.90 Å². The van der Waals surface area contributed by atoms with Gasteiger partial charge in [0.05, 0.1) is 5.69 Å². The van der Waals surface area contributed by atoms with E-state index in [-0.39, 0.29) is 24.0 Å². The lowest BCUT2D eigenvalue weighted by Gasteiger charge is -2.36. The molecule has 0 spiro atoms. The number of halogens is 3. The largest absolute Gasteiger partial charge is 0.370 e. The third-order valence-corrected chi connectivity index (χ3v) is 3.17. The highest BCUT2D eigenvalue weighted by Gasteiger charge is 2.20. The molecule has 112 valence electrons. The number of nitrogens with zero attached hydrogens (tertiary/aromatic N) is 3. The molecule has 1 aliphatic heterocycles. The highest BCUT2D eigenvalue weighted by molar-refractivity contribution is 14.0. The van der Waals surface area contributed by atoms with Crippen LogP contribution in [0.1, 0.15) is 6.92 Å². The fraction of sp³-hybridized carbons (Fsp3) is 0.462. The van der Waals surface area contributed by atoms with Crippen molar-refractivity contribution in [2.24, 2.45) is 10.7 Å². The van der Waals surface area contributed by atoms with Gasteiger partial charge in [0.15, 0.2) is 5.96 Å². The smallest absolute Gasteiger partial charge is 0.191 e. The van der Waals surface area contributed by atoms with Crippen molar-refractivity contribution in [2.75, 3.05) is 37.6 Å². The van der Waals surface area contributed by atoms with Gasteiger partial charge in [-0.05, 0) is 19.1 Å². The summed E-state index contributed by atoms with van der Waals surface area (Å²) in [5.74, 6) is -0.308. The highest BCUT2D eigenvalue weighted by Crippen LogP contribution is 2.21. The molecule has 0 bridgehead atoms. The van der Waals surface area contributed by atoms with Crippen LogP contribution < -0.4 is 10.6 Å². The molecule has 0 amide bonds. The van der Waals surface area contributed by atoms with Crippen LogP contribution in [0.2, 0.25) is 0 Å². The Morgan fingerprint density at radius 1 is 1.25 bits per heavy atom. The van der Waals surface area contributed by atoms with Gasteiger partial charge in [0.1, 0.15) is 11.6 Å². The Balaban J connectivity index is 0.00000200. The Labute approximate surface area is 134 Å². The number of hydrogen-bond acceptors (Lipinski definition) is 2. The second-order valence-electron chi connectivity index (χ2n) is 4.40. The van der Waals surface area contributed by atoms with Gasteiger partial charge < -0.3 is 15.5 Å². The van der Waals surface area contributed by atoms with E-state index >= 15 is 0 Å². The lowest BCUT2D eigenvalue weighted by Crippen LogP contribution is -2.51. The van der Waals surface area contributed by atoms with Crippen LogP contribution in [0.4, 0.5) is 14.5 Å².